The molecule has 4 nitrogen and oxygen atoms in total. The van der Waals surface area contributed by atoms with Gasteiger partial charge in [-0.2, -0.15) is 13.2 Å². The van der Waals surface area contributed by atoms with Crippen LogP contribution in [0.5, 0.6) is 11.5 Å². The second-order valence-corrected chi connectivity index (χ2v) is 4.74. The summed E-state index contributed by atoms with van der Waals surface area (Å²) >= 11 is 0. The SMILES string of the molecule is CC(C)N(CC(=O)c1ccc(O)c(O)c1)CC(F)(F)F. The summed E-state index contributed by atoms with van der Waals surface area (Å²) in [6.07, 6.45) is -4.39. The molecule has 0 radical (unpaired) electrons. The Labute approximate surface area is 114 Å². The van der Waals surface area contributed by atoms with Crippen molar-refractivity contribution in [2.75, 3.05) is 13.1 Å². The lowest BCUT2D eigenvalue weighted by atomic mass is 10.1. The standard InChI is InChI=1S/C13H16F3NO3/c1-8(2)17(7-13(14,15)16)6-12(20)9-3-4-10(18)11(19)5-9/h3-5,8,18-19H,6-7H2,1-2H3. The number of benzene rings is 1. The van der Waals surface area contributed by atoms with Crippen molar-refractivity contribution < 1.29 is 28.2 Å². The maximum atomic E-state index is 12.4. The highest BCUT2D eigenvalue weighted by Crippen LogP contribution is 2.25. The third-order valence-corrected chi connectivity index (χ3v) is 2.76. The number of phenols is 2. The molecule has 0 aliphatic carbocycles. The van der Waals surface area contributed by atoms with Crippen LogP contribution in [0.4, 0.5) is 13.2 Å². The highest BCUT2D eigenvalue weighted by atomic mass is 19.4. The molecule has 0 saturated heterocycles. The molecule has 20 heavy (non-hydrogen) atoms. The number of phenolic OH excluding ortho intramolecular Hbond substituents is 2. The van der Waals surface area contributed by atoms with Gasteiger partial charge >= 0.3 is 6.18 Å². The number of hydrogen-bond acceptors (Lipinski definition) is 4. The van der Waals surface area contributed by atoms with Gasteiger partial charge in [-0.05, 0) is 32.0 Å². The molecule has 0 amide bonds. The summed E-state index contributed by atoms with van der Waals surface area (Å²) in [4.78, 5) is 12.9. The summed E-state index contributed by atoms with van der Waals surface area (Å²) in [6.45, 7) is 1.53. The number of aromatic hydroxyl groups is 2. The van der Waals surface area contributed by atoms with E-state index in [1.807, 2.05) is 0 Å². The number of halogens is 3. The minimum absolute atomic E-state index is 0.0492. The van der Waals surface area contributed by atoms with Gasteiger partial charge in [-0.15, -0.1) is 0 Å². The smallest absolute Gasteiger partial charge is 0.401 e. The van der Waals surface area contributed by atoms with Crippen LogP contribution in [0.15, 0.2) is 18.2 Å². The van der Waals surface area contributed by atoms with Crippen LogP contribution >= 0.6 is 0 Å². The van der Waals surface area contributed by atoms with Gasteiger partial charge < -0.3 is 10.2 Å². The van der Waals surface area contributed by atoms with Crippen LogP contribution in [0.3, 0.4) is 0 Å². The van der Waals surface area contributed by atoms with E-state index in [1.54, 1.807) is 13.8 Å². The first kappa shape index (κ1) is 16.3. The zero-order valence-electron chi connectivity index (χ0n) is 11.1. The first-order valence-electron chi connectivity index (χ1n) is 5.96. The lowest BCUT2D eigenvalue weighted by molar-refractivity contribution is -0.148. The highest BCUT2D eigenvalue weighted by Gasteiger charge is 2.32. The first-order chi connectivity index (χ1) is 9.10. The van der Waals surface area contributed by atoms with E-state index < -0.39 is 42.6 Å². The van der Waals surface area contributed by atoms with Crippen LogP contribution in [0.25, 0.3) is 0 Å². The van der Waals surface area contributed by atoms with Gasteiger partial charge in [0.05, 0.1) is 13.1 Å². The molecule has 7 heteroatoms. The molecule has 2 N–H and O–H groups in total. The molecule has 1 rings (SSSR count). The van der Waals surface area contributed by atoms with E-state index in [9.17, 15) is 23.1 Å². The van der Waals surface area contributed by atoms with Gasteiger partial charge in [-0.1, -0.05) is 0 Å². The molecule has 0 aromatic heterocycles. The fraction of sp³-hybridized carbons (Fsp3) is 0.462. The van der Waals surface area contributed by atoms with E-state index in [0.717, 1.165) is 17.0 Å². The van der Waals surface area contributed by atoms with E-state index in [0.29, 0.717) is 0 Å². The van der Waals surface area contributed by atoms with Gasteiger partial charge in [0, 0.05) is 11.6 Å². The van der Waals surface area contributed by atoms with E-state index >= 15 is 0 Å². The molecular weight excluding hydrogens is 275 g/mol. The minimum atomic E-state index is -4.39. The van der Waals surface area contributed by atoms with Crippen molar-refractivity contribution in [2.45, 2.75) is 26.1 Å². The quantitative estimate of drug-likeness (QED) is 0.646. The Bertz CT molecular complexity index is 486. The van der Waals surface area contributed by atoms with Gasteiger partial charge in [-0.25, -0.2) is 0 Å². The van der Waals surface area contributed by atoms with Crippen molar-refractivity contribution >= 4 is 5.78 Å². The van der Waals surface area contributed by atoms with Crippen molar-refractivity contribution in [1.82, 2.24) is 4.90 Å². The first-order valence-corrected chi connectivity index (χ1v) is 5.96. The number of ketones is 1. The van der Waals surface area contributed by atoms with E-state index in [1.165, 1.54) is 6.07 Å². The molecule has 0 atom stereocenters. The molecule has 0 saturated carbocycles. The van der Waals surface area contributed by atoms with Crippen molar-refractivity contribution in [3.8, 4) is 11.5 Å². The van der Waals surface area contributed by atoms with Gasteiger partial charge in [0.1, 0.15) is 0 Å². The van der Waals surface area contributed by atoms with Gasteiger partial charge in [0.25, 0.3) is 0 Å². The molecule has 0 unspecified atom stereocenters. The van der Waals surface area contributed by atoms with Gasteiger partial charge in [-0.3, -0.25) is 9.69 Å². The summed E-state index contributed by atoms with van der Waals surface area (Å²) in [5, 5.41) is 18.4. The summed E-state index contributed by atoms with van der Waals surface area (Å²) in [6, 6.07) is 2.95. The topological polar surface area (TPSA) is 60.8 Å². The molecule has 0 bridgehead atoms. The number of rotatable bonds is 5. The number of hydrogen-bond donors (Lipinski definition) is 2. The number of alkyl halides is 3. The largest absolute Gasteiger partial charge is 0.504 e. The van der Waals surface area contributed by atoms with Gasteiger partial charge in [0.2, 0.25) is 0 Å². The Kier molecular flexibility index (Phi) is 4.99. The van der Waals surface area contributed by atoms with E-state index in [4.69, 9.17) is 5.11 Å². The van der Waals surface area contributed by atoms with Crippen LogP contribution in [0.2, 0.25) is 0 Å². The Morgan fingerprint density at radius 1 is 1.25 bits per heavy atom. The van der Waals surface area contributed by atoms with Crippen LogP contribution in [-0.4, -0.2) is 46.2 Å². The Balaban J connectivity index is 2.83. The predicted molar refractivity (Wildman–Crippen MR) is 66.9 cm³/mol. The number of nitrogens with zero attached hydrogens (tertiary/aromatic N) is 1. The Morgan fingerprint density at radius 2 is 1.85 bits per heavy atom. The van der Waals surface area contributed by atoms with E-state index in [-0.39, 0.29) is 5.56 Å². The van der Waals surface area contributed by atoms with Crippen LogP contribution in [0.1, 0.15) is 24.2 Å². The number of Topliss-reactive ketones (excluding diaryl/α,β-unsaturated/α-hetero) is 1. The zero-order valence-corrected chi connectivity index (χ0v) is 11.1. The molecule has 0 heterocycles. The highest BCUT2D eigenvalue weighted by molar-refractivity contribution is 5.98. The normalized spacial score (nSPS) is 12.2. The molecular formula is C13H16F3NO3. The molecule has 1 aromatic rings. The molecule has 0 aliphatic rings. The third kappa shape index (κ3) is 4.73. The molecule has 0 spiro atoms. The average molecular weight is 291 g/mol. The second-order valence-electron chi connectivity index (χ2n) is 4.74. The second kappa shape index (κ2) is 6.13. The third-order valence-electron chi connectivity index (χ3n) is 2.76. The maximum absolute atomic E-state index is 12.4. The summed E-state index contributed by atoms with van der Waals surface area (Å²) in [5.74, 6) is -1.43. The molecule has 0 aliphatic heterocycles. The fourth-order valence-corrected chi connectivity index (χ4v) is 1.62. The maximum Gasteiger partial charge on any atom is 0.401 e. The van der Waals surface area contributed by atoms with Crippen molar-refractivity contribution in [2.24, 2.45) is 0 Å². The van der Waals surface area contributed by atoms with Crippen LogP contribution < -0.4 is 0 Å². The van der Waals surface area contributed by atoms with Crippen LogP contribution in [-0.2, 0) is 0 Å². The summed E-state index contributed by atoms with van der Waals surface area (Å²) < 4.78 is 37.2. The van der Waals surface area contributed by atoms with E-state index in [2.05, 4.69) is 0 Å². The van der Waals surface area contributed by atoms with Gasteiger partial charge in [0.15, 0.2) is 17.3 Å². The monoisotopic (exact) mass is 291 g/mol. The molecule has 112 valence electrons. The minimum Gasteiger partial charge on any atom is -0.504 e. The molecule has 1 aromatic carbocycles. The lowest BCUT2D eigenvalue weighted by Crippen LogP contribution is -2.42. The fourth-order valence-electron chi connectivity index (χ4n) is 1.62. The zero-order chi connectivity index (χ0) is 15.5. The van der Waals surface area contributed by atoms with Crippen LogP contribution in [0, 0.1) is 0 Å². The Hall–Kier alpha value is -1.76. The van der Waals surface area contributed by atoms with Crippen molar-refractivity contribution in [3.63, 3.8) is 0 Å². The lowest BCUT2D eigenvalue weighted by Gasteiger charge is -2.26. The summed E-state index contributed by atoms with van der Waals surface area (Å²) in [5.41, 5.74) is 0.0492. The predicted octanol–water partition coefficient (Wildman–Crippen LogP) is 2.55. The van der Waals surface area contributed by atoms with Crippen molar-refractivity contribution in [1.29, 1.82) is 0 Å². The summed E-state index contributed by atoms with van der Waals surface area (Å²) in [7, 11) is 0. The number of carbonyl (C=O) groups is 1. The van der Waals surface area contributed by atoms with Crippen molar-refractivity contribution in [3.05, 3.63) is 23.8 Å². The number of carbonyl (C=O) groups excluding carboxylic acids is 1. The average Bonchev–Trinajstić information content (AvgIpc) is 2.29. The molecule has 0 fully saturated rings. The Morgan fingerprint density at radius 3 is 2.30 bits per heavy atom.